The third kappa shape index (κ3) is 3.39. The molecule has 1 atom stereocenters. The summed E-state index contributed by atoms with van der Waals surface area (Å²) >= 11 is 0. The van der Waals surface area contributed by atoms with Crippen molar-refractivity contribution < 1.29 is 0 Å². The van der Waals surface area contributed by atoms with E-state index in [0.29, 0.717) is 0 Å². The van der Waals surface area contributed by atoms with E-state index in [4.69, 9.17) is 0 Å². The number of hydrogen-bond donors (Lipinski definition) is 0. The van der Waals surface area contributed by atoms with E-state index in [9.17, 15) is 0 Å². The van der Waals surface area contributed by atoms with Crippen LogP contribution in [0.15, 0.2) is 30.3 Å². The van der Waals surface area contributed by atoms with Gasteiger partial charge in [-0.1, -0.05) is 68.1 Å². The Morgan fingerprint density at radius 1 is 0.895 bits per heavy atom. The van der Waals surface area contributed by atoms with Crippen LogP contribution in [0.4, 0.5) is 0 Å². The van der Waals surface area contributed by atoms with Crippen LogP contribution in [-0.2, 0) is 0 Å². The number of hydrogen-bond acceptors (Lipinski definition) is 1. The summed E-state index contributed by atoms with van der Waals surface area (Å²) in [5.41, 5.74) is 0. The summed E-state index contributed by atoms with van der Waals surface area (Å²) in [5, 5.41) is 1.68. The molecule has 1 heterocycles. The minimum atomic E-state index is -1.35. The Morgan fingerprint density at radius 2 is 1.47 bits per heavy atom. The third-order valence-corrected chi connectivity index (χ3v) is 22.3. The average Bonchev–Trinajstić information content (AvgIpc) is 2.39. The van der Waals surface area contributed by atoms with E-state index in [1.165, 1.54) is 38.5 Å². The fourth-order valence-corrected chi connectivity index (χ4v) is 12.0. The minimum absolute atomic E-state index is 1.14. The van der Waals surface area contributed by atoms with Crippen molar-refractivity contribution in [1.29, 1.82) is 0 Å². The van der Waals surface area contributed by atoms with Gasteiger partial charge in [0.2, 0.25) is 0 Å². The Hall–Kier alpha value is -0.386. The molecule has 0 amide bonds. The first-order chi connectivity index (χ1) is 8.93. The molecule has 2 rings (SSSR count). The Labute approximate surface area is 120 Å². The summed E-state index contributed by atoms with van der Waals surface area (Å²) in [4.78, 5) is 2.76. The highest BCUT2D eigenvalue weighted by atomic mass is 29.3. The molecule has 0 unspecified atom stereocenters. The predicted octanol–water partition coefficient (Wildman–Crippen LogP) is 3.41. The lowest BCUT2D eigenvalue weighted by Crippen LogP contribution is -2.69. The van der Waals surface area contributed by atoms with Crippen LogP contribution in [-0.4, -0.2) is 39.3 Å². The zero-order valence-corrected chi connectivity index (χ0v) is 15.1. The van der Waals surface area contributed by atoms with Gasteiger partial charge in [0.25, 0.3) is 0 Å². The fraction of sp³-hybridized carbons (Fsp3) is 0.625. The average molecular weight is 292 g/mol. The molecular weight excluding hydrogens is 262 g/mol. The first-order valence-electron chi connectivity index (χ1n) is 7.71. The van der Waals surface area contributed by atoms with Crippen LogP contribution in [0.1, 0.15) is 19.3 Å². The summed E-state index contributed by atoms with van der Waals surface area (Å²) in [5.74, 6) is 0. The highest BCUT2D eigenvalue weighted by Crippen LogP contribution is 2.22. The molecule has 1 aliphatic rings. The maximum Gasteiger partial charge on any atom is 0.0909 e. The normalized spacial score (nSPS) is 21.1. The molecule has 0 bridgehead atoms. The van der Waals surface area contributed by atoms with E-state index >= 15 is 0 Å². The standard InChI is InChI=1S/C16H29NSi2/c1-18(2,3)19(4,16-11-7-5-8-12-16)15-17-13-9-6-10-14-17/h5,7-8,11-12H,6,9-10,13-15H2,1-4H3/t19-/m1/s1. The zero-order valence-electron chi connectivity index (χ0n) is 13.1. The van der Waals surface area contributed by atoms with E-state index in [0.717, 1.165) is 0 Å². The van der Waals surface area contributed by atoms with E-state index in [2.05, 4.69) is 61.4 Å². The van der Waals surface area contributed by atoms with Crippen molar-refractivity contribution in [3.05, 3.63) is 30.3 Å². The monoisotopic (exact) mass is 291 g/mol. The molecule has 3 heteroatoms. The summed E-state index contributed by atoms with van der Waals surface area (Å²) in [6.07, 6.45) is 5.63. The molecule has 19 heavy (non-hydrogen) atoms. The molecular formula is C16H29NSi2. The Balaban J connectivity index is 2.25. The summed E-state index contributed by atoms with van der Waals surface area (Å²) < 4.78 is 0. The first-order valence-corrected chi connectivity index (χ1v) is 14.9. The number of likely N-dealkylation sites (tertiary alicyclic amines) is 1. The van der Waals surface area contributed by atoms with Gasteiger partial charge in [-0.2, -0.15) is 0 Å². The smallest absolute Gasteiger partial charge is 0.0909 e. The molecule has 1 aliphatic heterocycles. The van der Waals surface area contributed by atoms with Crippen molar-refractivity contribution in [1.82, 2.24) is 4.90 Å². The molecule has 0 radical (unpaired) electrons. The number of piperidine rings is 1. The van der Waals surface area contributed by atoms with E-state index < -0.39 is 15.2 Å². The first kappa shape index (κ1) is 15.0. The van der Waals surface area contributed by atoms with Gasteiger partial charge < -0.3 is 4.90 Å². The number of rotatable bonds is 4. The lowest BCUT2D eigenvalue weighted by Gasteiger charge is -2.43. The topological polar surface area (TPSA) is 3.24 Å². The van der Waals surface area contributed by atoms with Gasteiger partial charge in [0.1, 0.15) is 0 Å². The summed E-state index contributed by atoms with van der Waals surface area (Å²) in [7, 11) is -2.49. The van der Waals surface area contributed by atoms with Crippen molar-refractivity contribution in [2.75, 3.05) is 19.3 Å². The van der Waals surface area contributed by atoms with Crippen LogP contribution >= 0.6 is 0 Å². The number of benzene rings is 1. The maximum atomic E-state index is 2.76. The molecule has 1 aromatic carbocycles. The van der Waals surface area contributed by atoms with Gasteiger partial charge in [-0.25, -0.2) is 0 Å². The Bertz CT molecular complexity index is 393. The molecule has 106 valence electrons. The van der Waals surface area contributed by atoms with Crippen molar-refractivity contribution in [3.8, 4) is 0 Å². The van der Waals surface area contributed by atoms with E-state index in [-0.39, 0.29) is 0 Å². The summed E-state index contributed by atoms with van der Waals surface area (Å²) in [6.45, 7) is 13.0. The lowest BCUT2D eigenvalue weighted by atomic mass is 10.1. The molecule has 0 spiro atoms. The van der Waals surface area contributed by atoms with Crippen LogP contribution in [0.5, 0.6) is 0 Å². The summed E-state index contributed by atoms with van der Waals surface area (Å²) in [6, 6.07) is 11.4. The predicted molar refractivity (Wildman–Crippen MR) is 91.3 cm³/mol. The number of nitrogens with zero attached hydrogens (tertiary/aromatic N) is 1. The highest BCUT2D eigenvalue weighted by Gasteiger charge is 2.43. The second kappa shape index (κ2) is 5.94. The minimum Gasteiger partial charge on any atom is -0.306 e. The second-order valence-corrected chi connectivity index (χ2v) is 23.2. The zero-order chi connectivity index (χ0) is 13.9. The molecule has 1 fully saturated rings. The third-order valence-electron chi connectivity index (χ3n) is 5.05. The lowest BCUT2D eigenvalue weighted by molar-refractivity contribution is 0.260. The molecule has 0 aromatic heterocycles. The van der Waals surface area contributed by atoms with Crippen LogP contribution in [0, 0.1) is 0 Å². The molecule has 0 saturated carbocycles. The molecule has 1 aromatic rings. The van der Waals surface area contributed by atoms with Gasteiger partial charge in [-0.3, -0.25) is 0 Å². The SMILES string of the molecule is C[Si](C)(C)[Si@](C)(CN1CCCCC1)c1ccccc1. The van der Waals surface area contributed by atoms with Crippen molar-refractivity contribution >= 4 is 20.4 Å². The van der Waals surface area contributed by atoms with Crippen LogP contribution < -0.4 is 5.19 Å². The van der Waals surface area contributed by atoms with Gasteiger partial charge >= 0.3 is 0 Å². The quantitative estimate of drug-likeness (QED) is 0.769. The molecule has 0 N–H and O–H groups in total. The van der Waals surface area contributed by atoms with Gasteiger partial charge in [0.15, 0.2) is 0 Å². The Kier molecular flexibility index (Phi) is 4.69. The maximum absolute atomic E-state index is 2.76. The van der Waals surface area contributed by atoms with Crippen LogP contribution in [0.3, 0.4) is 0 Å². The van der Waals surface area contributed by atoms with Gasteiger partial charge in [0, 0.05) is 7.59 Å². The largest absolute Gasteiger partial charge is 0.306 e. The second-order valence-electron chi connectivity index (χ2n) is 7.28. The van der Waals surface area contributed by atoms with Gasteiger partial charge in [-0.15, -0.1) is 0 Å². The van der Waals surface area contributed by atoms with E-state index in [1.54, 1.807) is 5.19 Å². The molecule has 1 nitrogen and oxygen atoms in total. The molecule has 1 saturated heterocycles. The van der Waals surface area contributed by atoms with Crippen LogP contribution in [0.2, 0.25) is 26.2 Å². The van der Waals surface area contributed by atoms with Crippen molar-refractivity contribution in [2.24, 2.45) is 0 Å². The highest BCUT2D eigenvalue weighted by molar-refractivity contribution is 7.45. The van der Waals surface area contributed by atoms with Crippen molar-refractivity contribution in [2.45, 2.75) is 45.5 Å². The van der Waals surface area contributed by atoms with Gasteiger partial charge in [0.05, 0.1) is 7.59 Å². The van der Waals surface area contributed by atoms with E-state index in [1.807, 2.05) is 0 Å². The van der Waals surface area contributed by atoms with Gasteiger partial charge in [-0.05, 0) is 32.1 Å². The van der Waals surface area contributed by atoms with Crippen molar-refractivity contribution in [3.63, 3.8) is 0 Å². The fourth-order valence-electron chi connectivity index (χ4n) is 3.13. The van der Waals surface area contributed by atoms with Crippen LogP contribution in [0.25, 0.3) is 0 Å². The molecule has 0 aliphatic carbocycles. The Morgan fingerprint density at radius 3 is 2.00 bits per heavy atom.